The molecule has 5 aliphatic rings. The zero-order valence-corrected chi connectivity index (χ0v) is 33.3. The second-order valence-corrected chi connectivity index (χ2v) is 18.8. The van der Waals surface area contributed by atoms with Crippen molar-refractivity contribution in [2.24, 2.45) is 46.3 Å². The molecule has 0 spiro atoms. The Morgan fingerprint density at radius 2 is 1.55 bits per heavy atom. The predicted molar refractivity (Wildman–Crippen MR) is 208 cm³/mol. The van der Waals surface area contributed by atoms with Gasteiger partial charge >= 0.3 is 0 Å². The van der Waals surface area contributed by atoms with E-state index in [1.165, 1.54) is 17.5 Å². The van der Waals surface area contributed by atoms with Gasteiger partial charge in [0.05, 0.1) is 37.1 Å². The number of ether oxygens (including phenoxy) is 4. The van der Waals surface area contributed by atoms with Crippen LogP contribution in [0.3, 0.4) is 0 Å². The Labute approximate surface area is 319 Å². The zero-order valence-electron chi connectivity index (χ0n) is 33.3. The average Bonchev–Trinajstić information content (AvgIpc) is 3.43. The summed E-state index contributed by atoms with van der Waals surface area (Å²) in [6.07, 6.45) is 9.65. The molecule has 1 heterocycles. The van der Waals surface area contributed by atoms with E-state index >= 15 is 0 Å². The van der Waals surface area contributed by atoms with Gasteiger partial charge in [-0.1, -0.05) is 86.4 Å². The van der Waals surface area contributed by atoms with E-state index in [9.17, 15) is 10.2 Å². The van der Waals surface area contributed by atoms with Crippen LogP contribution in [0.5, 0.6) is 0 Å². The van der Waals surface area contributed by atoms with Gasteiger partial charge in [0.1, 0.15) is 5.60 Å². The predicted octanol–water partition coefficient (Wildman–Crippen LogP) is 9.11. The zero-order chi connectivity index (χ0) is 37.4. The number of rotatable bonds is 10. The van der Waals surface area contributed by atoms with Crippen molar-refractivity contribution in [3.8, 4) is 11.8 Å². The van der Waals surface area contributed by atoms with Gasteiger partial charge in [-0.05, 0) is 138 Å². The highest BCUT2D eigenvalue weighted by Gasteiger charge is 2.67. The van der Waals surface area contributed by atoms with E-state index in [1.807, 2.05) is 6.92 Å². The Morgan fingerprint density at radius 3 is 2.21 bits per heavy atom. The van der Waals surface area contributed by atoms with Gasteiger partial charge in [0.2, 0.25) is 0 Å². The third kappa shape index (κ3) is 8.05. The number of aliphatic hydroxyl groups excluding tert-OH is 1. The molecule has 0 radical (unpaired) electrons. The van der Waals surface area contributed by atoms with Crippen molar-refractivity contribution in [1.82, 2.24) is 0 Å². The number of aliphatic hydroxyl groups is 2. The molecule has 0 amide bonds. The highest BCUT2D eigenvalue weighted by atomic mass is 16.7. The minimum atomic E-state index is -1.37. The van der Waals surface area contributed by atoms with Crippen LogP contribution in [-0.2, 0) is 32.2 Å². The Balaban J connectivity index is 1.12. The van der Waals surface area contributed by atoms with Crippen LogP contribution in [0.15, 0.2) is 60.7 Å². The highest BCUT2D eigenvalue weighted by Crippen LogP contribution is 2.69. The Hall–Kier alpha value is -2.24. The first-order valence-electron chi connectivity index (χ1n) is 20.8. The van der Waals surface area contributed by atoms with Gasteiger partial charge in [-0.2, -0.15) is 0 Å². The summed E-state index contributed by atoms with van der Waals surface area (Å²) in [5, 5.41) is 24.4. The first-order valence-corrected chi connectivity index (χ1v) is 20.8. The second-order valence-electron chi connectivity index (χ2n) is 18.8. The minimum absolute atomic E-state index is 0.0225. The van der Waals surface area contributed by atoms with Crippen LogP contribution in [0.25, 0.3) is 0 Å². The first kappa shape index (κ1) is 39.0. The van der Waals surface area contributed by atoms with Crippen molar-refractivity contribution in [3.63, 3.8) is 0 Å². The molecule has 1 aliphatic heterocycles. The molecule has 6 heteroatoms. The fourth-order valence-corrected chi connectivity index (χ4v) is 12.0. The molecule has 5 fully saturated rings. The van der Waals surface area contributed by atoms with Gasteiger partial charge in [-0.15, -0.1) is 0 Å². The molecule has 4 saturated carbocycles. The maximum Gasteiger partial charge on any atom is 0.158 e. The number of hydrogen-bond acceptors (Lipinski definition) is 6. The van der Waals surface area contributed by atoms with Crippen molar-refractivity contribution in [2.45, 2.75) is 155 Å². The molecule has 13 atom stereocenters. The molecule has 6 nitrogen and oxygen atoms in total. The van der Waals surface area contributed by atoms with Gasteiger partial charge in [-0.25, -0.2) is 0 Å². The summed E-state index contributed by atoms with van der Waals surface area (Å²) in [7, 11) is 0. The number of hydrogen-bond donors (Lipinski definition) is 2. The number of benzene rings is 2. The highest BCUT2D eigenvalue weighted by molar-refractivity contribution is 5.25. The summed E-state index contributed by atoms with van der Waals surface area (Å²) in [4.78, 5) is 0. The summed E-state index contributed by atoms with van der Waals surface area (Å²) in [5.41, 5.74) is 0.309. The van der Waals surface area contributed by atoms with Gasteiger partial charge in [-0.3, -0.25) is 0 Å². The SMILES string of the molecule is C[C@@H](C#C[C@](C)(O)[C@H]1[C@@H](O)C[C@H]2[C@@H]3CC[C@H]4C[C@H](OCc5ccccc5)CC[C@]4(C)[C@H]3[C@@H](OCc3ccccc3)C[C@@]21C)C(C)(C)OC1CCCCO1. The van der Waals surface area contributed by atoms with Crippen LogP contribution in [0.4, 0.5) is 0 Å². The maximum atomic E-state index is 12.4. The largest absolute Gasteiger partial charge is 0.393 e. The molecule has 2 aromatic carbocycles. The van der Waals surface area contributed by atoms with Crippen molar-refractivity contribution in [3.05, 3.63) is 71.8 Å². The standard InChI is InChI=1S/C47H66O6/c1-32(44(2,3)53-41-19-13-14-26-50-41)22-25-47(6,49)43-39(48)28-38-37-21-20-35-27-36(51-30-33-15-9-7-10-16-33)23-24-45(35,4)42(37)40(29-46(38,43)5)52-31-34-17-11-8-12-18-34/h7-12,15-18,32,35-43,48-49H,13-14,19-21,23-24,26-31H2,1-6H3/t32-,35-,36+,37-,38-,39-,40-,41?,42+,43-,45-,46-,47-/m0/s1. The van der Waals surface area contributed by atoms with Crippen molar-refractivity contribution >= 4 is 0 Å². The van der Waals surface area contributed by atoms with E-state index in [4.69, 9.17) is 18.9 Å². The Bertz CT molecular complexity index is 1560. The molecule has 2 N–H and O–H groups in total. The molecule has 0 aromatic heterocycles. The summed E-state index contributed by atoms with van der Waals surface area (Å²) in [6.45, 7) is 14.9. The van der Waals surface area contributed by atoms with Gasteiger partial charge in [0.25, 0.3) is 0 Å². The van der Waals surface area contributed by atoms with Crippen LogP contribution in [0.2, 0.25) is 0 Å². The lowest BCUT2D eigenvalue weighted by atomic mass is 9.43. The van der Waals surface area contributed by atoms with Gasteiger partial charge < -0.3 is 29.2 Å². The van der Waals surface area contributed by atoms with Crippen molar-refractivity contribution < 1.29 is 29.2 Å². The lowest BCUT2D eigenvalue weighted by Crippen LogP contribution is -2.61. The van der Waals surface area contributed by atoms with E-state index in [2.05, 4.69) is 107 Å². The molecule has 0 bridgehead atoms. The van der Waals surface area contributed by atoms with E-state index in [-0.39, 0.29) is 41.2 Å². The van der Waals surface area contributed by atoms with Crippen LogP contribution in [0, 0.1) is 58.2 Å². The minimum Gasteiger partial charge on any atom is -0.393 e. The fourth-order valence-electron chi connectivity index (χ4n) is 12.0. The lowest BCUT2D eigenvalue weighted by Gasteiger charge is -2.63. The smallest absolute Gasteiger partial charge is 0.158 e. The van der Waals surface area contributed by atoms with Gasteiger partial charge in [0, 0.05) is 18.4 Å². The summed E-state index contributed by atoms with van der Waals surface area (Å²) >= 11 is 0. The fraction of sp³-hybridized carbons (Fsp3) is 0.702. The molecule has 4 aliphatic carbocycles. The van der Waals surface area contributed by atoms with Crippen LogP contribution >= 0.6 is 0 Å². The molecule has 1 unspecified atom stereocenters. The van der Waals surface area contributed by atoms with Crippen LogP contribution in [0.1, 0.15) is 117 Å². The Kier molecular flexibility index (Phi) is 11.6. The number of fused-ring (bicyclic) bond motifs is 5. The van der Waals surface area contributed by atoms with E-state index in [0.717, 1.165) is 58.0 Å². The molecular weight excluding hydrogens is 661 g/mol. The summed E-state index contributed by atoms with van der Waals surface area (Å²) in [6, 6.07) is 21.1. The second kappa shape index (κ2) is 15.7. The van der Waals surface area contributed by atoms with Crippen LogP contribution < -0.4 is 0 Å². The molecular formula is C47H66O6. The molecule has 7 rings (SSSR count). The van der Waals surface area contributed by atoms with Crippen LogP contribution in [-0.4, -0.2) is 52.6 Å². The monoisotopic (exact) mass is 726 g/mol. The summed E-state index contributed by atoms with van der Waals surface area (Å²) in [5.74, 6) is 7.89. The first-order chi connectivity index (χ1) is 25.3. The average molecular weight is 727 g/mol. The normalized spacial score (nSPS) is 38.7. The Morgan fingerprint density at radius 1 is 0.868 bits per heavy atom. The summed E-state index contributed by atoms with van der Waals surface area (Å²) < 4.78 is 26.0. The molecule has 290 valence electrons. The molecule has 53 heavy (non-hydrogen) atoms. The van der Waals surface area contributed by atoms with Crippen molar-refractivity contribution in [2.75, 3.05) is 6.61 Å². The van der Waals surface area contributed by atoms with E-state index in [0.29, 0.717) is 43.3 Å². The van der Waals surface area contributed by atoms with Gasteiger partial charge in [0.15, 0.2) is 6.29 Å². The third-order valence-corrected chi connectivity index (χ3v) is 15.0. The maximum absolute atomic E-state index is 12.4. The van der Waals surface area contributed by atoms with E-state index < -0.39 is 17.3 Å². The third-order valence-electron chi connectivity index (χ3n) is 15.0. The molecule has 1 saturated heterocycles. The quantitative estimate of drug-likeness (QED) is 0.238. The van der Waals surface area contributed by atoms with Crippen molar-refractivity contribution in [1.29, 1.82) is 0 Å². The van der Waals surface area contributed by atoms with E-state index in [1.54, 1.807) is 0 Å². The molecule has 2 aromatic rings. The topological polar surface area (TPSA) is 77.4 Å². The lowest BCUT2D eigenvalue weighted by molar-refractivity contribution is -0.222.